The van der Waals surface area contributed by atoms with Gasteiger partial charge < -0.3 is 14.5 Å². The highest BCUT2D eigenvalue weighted by Crippen LogP contribution is 2.33. The number of nitrogens with zero attached hydrogens (tertiary/aromatic N) is 2. The van der Waals surface area contributed by atoms with Crippen LogP contribution in [-0.4, -0.2) is 47.9 Å². The summed E-state index contributed by atoms with van der Waals surface area (Å²) in [5, 5.41) is 0. The molecule has 0 spiro atoms. The maximum absolute atomic E-state index is 13.7. The molecule has 2 aromatic carbocycles. The minimum absolute atomic E-state index is 0.127. The van der Waals surface area contributed by atoms with Crippen molar-refractivity contribution >= 4 is 11.8 Å². The Bertz CT molecular complexity index is 1020. The van der Waals surface area contributed by atoms with Gasteiger partial charge in [0.1, 0.15) is 0 Å². The molecule has 10 heteroatoms. The molecule has 4 rings (SSSR count). The van der Waals surface area contributed by atoms with E-state index in [0.29, 0.717) is 13.0 Å². The second-order valence-electron chi connectivity index (χ2n) is 7.01. The van der Waals surface area contributed by atoms with E-state index in [1.165, 1.54) is 0 Å². The van der Waals surface area contributed by atoms with Crippen molar-refractivity contribution in [3.05, 3.63) is 64.5 Å². The fourth-order valence-electron chi connectivity index (χ4n) is 3.80. The number of ether oxygens (including phenoxy) is 1. The number of benzene rings is 2. The van der Waals surface area contributed by atoms with Crippen molar-refractivity contribution in [3.63, 3.8) is 0 Å². The number of amides is 2. The lowest BCUT2D eigenvalue weighted by molar-refractivity contribution is -0.150. The average molecular weight is 426 g/mol. The van der Waals surface area contributed by atoms with Crippen LogP contribution < -0.4 is 4.74 Å². The molecule has 2 amide bonds. The van der Waals surface area contributed by atoms with Gasteiger partial charge in [0, 0.05) is 13.1 Å². The first kappa shape index (κ1) is 20.1. The van der Waals surface area contributed by atoms with Crippen LogP contribution in [-0.2, 0) is 16.0 Å². The molecule has 2 aromatic rings. The Labute approximate surface area is 167 Å². The smallest absolute Gasteiger partial charge is 0.261 e. The van der Waals surface area contributed by atoms with E-state index >= 15 is 0 Å². The first-order valence-corrected chi connectivity index (χ1v) is 9.08. The van der Waals surface area contributed by atoms with Gasteiger partial charge in [-0.2, -0.15) is 8.78 Å². The quantitative estimate of drug-likeness (QED) is 0.431. The van der Waals surface area contributed by atoms with Crippen molar-refractivity contribution in [1.82, 2.24) is 9.80 Å². The third kappa shape index (κ3) is 3.25. The van der Waals surface area contributed by atoms with E-state index in [1.54, 1.807) is 4.90 Å². The van der Waals surface area contributed by atoms with E-state index in [1.807, 2.05) is 24.3 Å². The summed E-state index contributed by atoms with van der Waals surface area (Å²) < 4.78 is 71.7. The number of piperazine rings is 1. The molecule has 1 atom stereocenters. The number of hydrogen-bond acceptors (Lipinski definition) is 3. The monoisotopic (exact) mass is 426 g/mol. The lowest BCUT2D eigenvalue weighted by atomic mass is 9.91. The summed E-state index contributed by atoms with van der Waals surface area (Å²) in [7, 11) is 0. The van der Waals surface area contributed by atoms with Gasteiger partial charge >= 0.3 is 0 Å². The molecular weight excluding hydrogens is 411 g/mol. The van der Waals surface area contributed by atoms with E-state index < -0.39 is 47.3 Å². The van der Waals surface area contributed by atoms with E-state index in [9.17, 15) is 31.5 Å². The SMILES string of the molecule is O=C(COc1c(F)c(F)c(F)c(F)c1F)N1CC(=O)N2CCc3ccccc3[C@@H]2C1. The van der Waals surface area contributed by atoms with Gasteiger partial charge in [-0.05, 0) is 17.5 Å². The van der Waals surface area contributed by atoms with Crippen LogP contribution in [0.25, 0.3) is 0 Å². The van der Waals surface area contributed by atoms with Crippen LogP contribution in [0.5, 0.6) is 5.75 Å². The number of rotatable bonds is 3. The lowest BCUT2D eigenvalue weighted by Crippen LogP contribution is -2.56. The number of carbonyl (C=O) groups is 2. The number of fused-ring (bicyclic) bond motifs is 3. The van der Waals surface area contributed by atoms with Gasteiger partial charge in [0.15, 0.2) is 12.4 Å². The van der Waals surface area contributed by atoms with E-state index in [0.717, 1.165) is 16.0 Å². The van der Waals surface area contributed by atoms with Crippen molar-refractivity contribution in [1.29, 1.82) is 0 Å². The van der Waals surface area contributed by atoms with Crippen molar-refractivity contribution in [2.75, 3.05) is 26.2 Å². The molecule has 0 aromatic heterocycles. The second-order valence-corrected chi connectivity index (χ2v) is 7.01. The highest BCUT2D eigenvalue weighted by Gasteiger charge is 2.38. The summed E-state index contributed by atoms with van der Waals surface area (Å²) in [4.78, 5) is 27.8. The zero-order valence-corrected chi connectivity index (χ0v) is 15.4. The Balaban J connectivity index is 1.51. The Kier molecular flexibility index (Phi) is 5.08. The van der Waals surface area contributed by atoms with Crippen molar-refractivity contribution in [2.24, 2.45) is 0 Å². The first-order chi connectivity index (χ1) is 14.3. The molecule has 30 heavy (non-hydrogen) atoms. The summed E-state index contributed by atoms with van der Waals surface area (Å²) in [6.45, 7) is -0.621. The van der Waals surface area contributed by atoms with Crippen molar-refractivity contribution < 1.29 is 36.3 Å². The number of hydrogen-bond donors (Lipinski definition) is 0. The minimum atomic E-state index is -2.32. The molecule has 0 bridgehead atoms. The van der Waals surface area contributed by atoms with Crippen LogP contribution >= 0.6 is 0 Å². The van der Waals surface area contributed by atoms with Crippen LogP contribution in [0, 0.1) is 29.1 Å². The van der Waals surface area contributed by atoms with Crippen molar-refractivity contribution in [3.8, 4) is 5.75 Å². The molecule has 2 aliphatic rings. The highest BCUT2D eigenvalue weighted by atomic mass is 19.2. The van der Waals surface area contributed by atoms with E-state index in [-0.39, 0.29) is 25.0 Å². The first-order valence-electron chi connectivity index (χ1n) is 9.08. The van der Waals surface area contributed by atoms with Crippen LogP contribution in [0.15, 0.2) is 24.3 Å². The maximum Gasteiger partial charge on any atom is 0.261 e. The number of halogens is 5. The standard InChI is InChI=1S/C20H15F5N2O3/c21-15-16(22)18(24)20(19(25)17(15)23)30-9-14(29)26-7-12-11-4-2-1-3-10(11)5-6-27(12)13(28)8-26/h1-4,12H,5-9H2/t12-/m0/s1. The average Bonchev–Trinajstić information content (AvgIpc) is 2.76. The summed E-state index contributed by atoms with van der Waals surface area (Å²) in [5.74, 6) is -13.6. The van der Waals surface area contributed by atoms with Gasteiger partial charge in [-0.3, -0.25) is 9.59 Å². The predicted molar refractivity (Wildman–Crippen MR) is 92.9 cm³/mol. The summed E-state index contributed by atoms with van der Waals surface area (Å²) in [6, 6.07) is 7.11. The van der Waals surface area contributed by atoms with Gasteiger partial charge in [0.25, 0.3) is 5.91 Å². The summed E-state index contributed by atoms with van der Waals surface area (Å²) >= 11 is 0. The zero-order chi connectivity index (χ0) is 21.6. The molecule has 2 aliphatic heterocycles. The molecular formula is C20H15F5N2O3. The van der Waals surface area contributed by atoms with Gasteiger partial charge in [-0.15, -0.1) is 0 Å². The molecule has 5 nitrogen and oxygen atoms in total. The maximum atomic E-state index is 13.7. The lowest BCUT2D eigenvalue weighted by Gasteiger charge is -2.44. The fraction of sp³-hybridized carbons (Fsp3) is 0.300. The molecule has 1 fully saturated rings. The Hall–Kier alpha value is -3.17. The third-order valence-electron chi connectivity index (χ3n) is 5.31. The fourth-order valence-corrected chi connectivity index (χ4v) is 3.80. The molecule has 0 aliphatic carbocycles. The number of carbonyl (C=O) groups excluding carboxylic acids is 2. The van der Waals surface area contributed by atoms with Crippen molar-refractivity contribution in [2.45, 2.75) is 12.5 Å². The van der Waals surface area contributed by atoms with Gasteiger partial charge in [-0.25, -0.2) is 13.2 Å². The molecule has 1 saturated heterocycles. The Morgan fingerprint density at radius 1 is 1.00 bits per heavy atom. The predicted octanol–water partition coefficient (Wildman–Crippen LogP) is 2.73. The molecule has 0 unspecified atom stereocenters. The topological polar surface area (TPSA) is 49.9 Å². The summed E-state index contributed by atoms with van der Waals surface area (Å²) in [6.07, 6.45) is 0.690. The highest BCUT2D eigenvalue weighted by molar-refractivity contribution is 5.87. The Morgan fingerprint density at radius 2 is 1.63 bits per heavy atom. The normalized spacial score (nSPS) is 18.2. The van der Waals surface area contributed by atoms with Gasteiger partial charge in [0.2, 0.25) is 35.0 Å². The van der Waals surface area contributed by atoms with E-state index in [2.05, 4.69) is 4.74 Å². The van der Waals surface area contributed by atoms with Crippen LogP contribution in [0.2, 0.25) is 0 Å². The van der Waals surface area contributed by atoms with E-state index in [4.69, 9.17) is 0 Å². The largest absolute Gasteiger partial charge is 0.477 e. The van der Waals surface area contributed by atoms with Crippen LogP contribution in [0.3, 0.4) is 0 Å². The molecule has 0 radical (unpaired) electrons. The zero-order valence-electron chi connectivity index (χ0n) is 15.4. The molecule has 0 N–H and O–H groups in total. The van der Waals surface area contributed by atoms with Crippen LogP contribution in [0.4, 0.5) is 22.0 Å². The minimum Gasteiger partial charge on any atom is -0.477 e. The van der Waals surface area contributed by atoms with Gasteiger partial charge in [-0.1, -0.05) is 24.3 Å². The molecule has 2 heterocycles. The molecule has 158 valence electrons. The third-order valence-corrected chi connectivity index (χ3v) is 5.31. The second kappa shape index (κ2) is 7.58. The van der Waals surface area contributed by atoms with Crippen LogP contribution in [0.1, 0.15) is 17.2 Å². The van der Waals surface area contributed by atoms with Gasteiger partial charge in [0.05, 0.1) is 12.6 Å². The Morgan fingerprint density at radius 3 is 2.33 bits per heavy atom. The summed E-state index contributed by atoms with van der Waals surface area (Å²) in [5.41, 5.74) is 1.95. The molecule has 0 saturated carbocycles.